The number of nitrogens with one attached hydrogen (secondary N) is 2. The molecule has 0 bridgehead atoms. The number of benzene rings is 1. The van der Waals surface area contributed by atoms with Crippen molar-refractivity contribution in [2.75, 3.05) is 11.8 Å². The largest absolute Gasteiger partial charge is 0.494 e. The molecule has 3 N–H and O–H groups in total. The SMILES string of the molecule is COc1cc(F)ccc1NS(=O)(=O)c1[nH]ncc1CO. The van der Waals surface area contributed by atoms with Crippen molar-refractivity contribution in [1.82, 2.24) is 10.2 Å². The lowest BCUT2D eigenvalue weighted by Gasteiger charge is -2.11. The van der Waals surface area contributed by atoms with Gasteiger partial charge in [0.2, 0.25) is 0 Å². The first-order valence-electron chi connectivity index (χ1n) is 5.47. The van der Waals surface area contributed by atoms with E-state index in [1.165, 1.54) is 19.4 Å². The molecule has 1 aromatic carbocycles. The van der Waals surface area contributed by atoms with Gasteiger partial charge in [-0.25, -0.2) is 4.39 Å². The van der Waals surface area contributed by atoms with Crippen molar-refractivity contribution in [3.63, 3.8) is 0 Å². The summed E-state index contributed by atoms with van der Waals surface area (Å²) in [6.45, 7) is -0.479. The Morgan fingerprint density at radius 1 is 1.50 bits per heavy atom. The molecule has 20 heavy (non-hydrogen) atoms. The second-order valence-corrected chi connectivity index (χ2v) is 5.45. The number of anilines is 1. The lowest BCUT2D eigenvalue weighted by Crippen LogP contribution is -2.16. The number of hydrogen-bond donors (Lipinski definition) is 3. The van der Waals surface area contributed by atoms with Crippen molar-refractivity contribution in [2.45, 2.75) is 11.6 Å². The summed E-state index contributed by atoms with van der Waals surface area (Å²) in [7, 11) is -2.70. The van der Waals surface area contributed by atoms with Crippen molar-refractivity contribution in [3.8, 4) is 5.75 Å². The van der Waals surface area contributed by atoms with Crippen LogP contribution in [0.15, 0.2) is 29.4 Å². The third-order valence-corrected chi connectivity index (χ3v) is 3.90. The van der Waals surface area contributed by atoms with E-state index in [1.54, 1.807) is 0 Å². The van der Waals surface area contributed by atoms with Crippen LogP contribution >= 0.6 is 0 Å². The smallest absolute Gasteiger partial charge is 0.279 e. The van der Waals surface area contributed by atoms with E-state index in [4.69, 9.17) is 9.84 Å². The Morgan fingerprint density at radius 3 is 2.90 bits per heavy atom. The maximum atomic E-state index is 13.1. The molecule has 0 radical (unpaired) electrons. The Balaban J connectivity index is 2.38. The van der Waals surface area contributed by atoms with Gasteiger partial charge in [0.1, 0.15) is 11.6 Å². The maximum absolute atomic E-state index is 13.1. The molecule has 0 spiro atoms. The second-order valence-electron chi connectivity index (χ2n) is 3.83. The number of nitrogens with zero attached hydrogens (tertiary/aromatic N) is 1. The zero-order valence-corrected chi connectivity index (χ0v) is 11.2. The Labute approximate surface area is 114 Å². The van der Waals surface area contributed by atoms with Gasteiger partial charge in [-0.1, -0.05) is 0 Å². The van der Waals surface area contributed by atoms with E-state index < -0.39 is 22.4 Å². The molecule has 2 aromatic rings. The minimum Gasteiger partial charge on any atom is -0.494 e. The molecule has 2 rings (SSSR count). The van der Waals surface area contributed by atoms with Gasteiger partial charge in [0, 0.05) is 11.6 Å². The fourth-order valence-electron chi connectivity index (χ4n) is 1.59. The molecule has 108 valence electrons. The molecule has 1 heterocycles. The van der Waals surface area contributed by atoms with E-state index in [-0.39, 0.29) is 22.0 Å². The zero-order chi connectivity index (χ0) is 14.8. The topological polar surface area (TPSA) is 104 Å². The Hall–Kier alpha value is -2.13. The summed E-state index contributed by atoms with van der Waals surface area (Å²) in [4.78, 5) is 0. The number of halogens is 1. The van der Waals surface area contributed by atoms with Crippen molar-refractivity contribution < 1.29 is 22.7 Å². The highest BCUT2D eigenvalue weighted by atomic mass is 32.2. The van der Waals surface area contributed by atoms with Crippen LogP contribution in [0.5, 0.6) is 5.75 Å². The predicted molar refractivity (Wildman–Crippen MR) is 68.3 cm³/mol. The summed E-state index contributed by atoms with van der Waals surface area (Å²) < 4.78 is 44.5. The molecule has 0 saturated heterocycles. The van der Waals surface area contributed by atoms with Gasteiger partial charge in [0.25, 0.3) is 10.0 Å². The number of aromatic amines is 1. The van der Waals surface area contributed by atoms with Crippen molar-refractivity contribution in [3.05, 3.63) is 35.8 Å². The van der Waals surface area contributed by atoms with Crippen LogP contribution in [-0.4, -0.2) is 30.8 Å². The Kier molecular flexibility index (Phi) is 3.91. The van der Waals surface area contributed by atoms with Crippen molar-refractivity contribution in [2.24, 2.45) is 0 Å². The van der Waals surface area contributed by atoms with Crippen molar-refractivity contribution >= 4 is 15.7 Å². The molecule has 0 aliphatic carbocycles. The minimum absolute atomic E-state index is 0.0404. The van der Waals surface area contributed by atoms with Gasteiger partial charge in [0.15, 0.2) is 5.03 Å². The molecule has 0 aliphatic rings. The Bertz CT molecular complexity index is 714. The van der Waals surface area contributed by atoms with Gasteiger partial charge in [0.05, 0.1) is 25.6 Å². The summed E-state index contributed by atoms with van der Waals surface area (Å²) >= 11 is 0. The molecule has 7 nitrogen and oxygen atoms in total. The monoisotopic (exact) mass is 301 g/mol. The molecule has 0 fully saturated rings. The molecule has 0 amide bonds. The van der Waals surface area contributed by atoms with Gasteiger partial charge in [-0.3, -0.25) is 9.82 Å². The van der Waals surface area contributed by atoms with Crippen LogP contribution in [0.3, 0.4) is 0 Å². The number of ether oxygens (including phenoxy) is 1. The lowest BCUT2D eigenvalue weighted by molar-refractivity contribution is 0.278. The number of aliphatic hydroxyl groups excluding tert-OH is 1. The molecule has 0 saturated carbocycles. The van der Waals surface area contributed by atoms with E-state index in [1.807, 2.05) is 0 Å². The number of rotatable bonds is 5. The normalized spacial score (nSPS) is 11.3. The molecule has 9 heteroatoms. The summed E-state index contributed by atoms with van der Waals surface area (Å²) in [5, 5.41) is 14.6. The van der Waals surface area contributed by atoms with Gasteiger partial charge in [-0.05, 0) is 12.1 Å². The van der Waals surface area contributed by atoms with Crippen LogP contribution in [0.1, 0.15) is 5.56 Å². The zero-order valence-electron chi connectivity index (χ0n) is 10.4. The summed E-state index contributed by atoms with van der Waals surface area (Å²) in [6, 6.07) is 3.39. The van der Waals surface area contributed by atoms with Crippen LogP contribution in [0, 0.1) is 5.82 Å². The van der Waals surface area contributed by atoms with Crippen molar-refractivity contribution in [1.29, 1.82) is 0 Å². The third-order valence-electron chi connectivity index (χ3n) is 2.53. The number of sulfonamides is 1. The number of aliphatic hydroxyl groups is 1. The van der Waals surface area contributed by atoms with E-state index in [0.29, 0.717) is 0 Å². The van der Waals surface area contributed by atoms with Gasteiger partial charge in [-0.15, -0.1) is 0 Å². The average molecular weight is 301 g/mol. The van der Waals surface area contributed by atoms with Crippen LogP contribution in [0.4, 0.5) is 10.1 Å². The standard InChI is InChI=1S/C11H12FN3O4S/c1-19-10-4-8(12)2-3-9(10)15-20(17,18)11-7(6-16)5-13-14-11/h2-5,15-16H,6H2,1H3,(H,13,14). The van der Waals surface area contributed by atoms with Gasteiger partial charge >= 0.3 is 0 Å². The first-order valence-corrected chi connectivity index (χ1v) is 6.95. The minimum atomic E-state index is -3.99. The van der Waals surface area contributed by atoms with Crippen LogP contribution in [-0.2, 0) is 16.6 Å². The summed E-state index contributed by atoms with van der Waals surface area (Å²) in [5.41, 5.74) is 0.200. The molecular formula is C11H12FN3O4S. The summed E-state index contributed by atoms with van der Waals surface area (Å²) in [6.07, 6.45) is 1.20. The second kappa shape index (κ2) is 5.47. The quantitative estimate of drug-likeness (QED) is 0.759. The van der Waals surface area contributed by atoms with Gasteiger partial charge < -0.3 is 9.84 Å². The molecule has 0 aliphatic heterocycles. The lowest BCUT2D eigenvalue weighted by atomic mass is 10.3. The van der Waals surface area contributed by atoms with Crippen LogP contribution < -0.4 is 9.46 Å². The van der Waals surface area contributed by atoms with E-state index in [9.17, 15) is 12.8 Å². The van der Waals surface area contributed by atoms with Crippen LogP contribution in [0.2, 0.25) is 0 Å². The first kappa shape index (κ1) is 14.3. The average Bonchev–Trinajstić information content (AvgIpc) is 2.89. The highest BCUT2D eigenvalue weighted by Crippen LogP contribution is 2.27. The highest BCUT2D eigenvalue weighted by molar-refractivity contribution is 7.92. The van der Waals surface area contributed by atoms with E-state index >= 15 is 0 Å². The number of methoxy groups -OCH3 is 1. The molecule has 0 atom stereocenters. The fraction of sp³-hybridized carbons (Fsp3) is 0.182. The van der Waals surface area contributed by atoms with E-state index in [2.05, 4.69) is 14.9 Å². The Morgan fingerprint density at radius 2 is 2.25 bits per heavy atom. The predicted octanol–water partition coefficient (Wildman–Crippen LogP) is 0.850. The van der Waals surface area contributed by atoms with Gasteiger partial charge in [-0.2, -0.15) is 13.5 Å². The molecular weight excluding hydrogens is 289 g/mol. The van der Waals surface area contributed by atoms with E-state index in [0.717, 1.165) is 12.1 Å². The summed E-state index contributed by atoms with van der Waals surface area (Å²) in [5.74, 6) is -0.513. The third kappa shape index (κ3) is 2.73. The number of H-pyrrole nitrogens is 1. The fourth-order valence-corrected chi connectivity index (χ4v) is 2.79. The highest BCUT2D eigenvalue weighted by Gasteiger charge is 2.22. The molecule has 0 unspecified atom stereocenters. The maximum Gasteiger partial charge on any atom is 0.279 e. The van der Waals surface area contributed by atoms with Crippen LogP contribution in [0.25, 0.3) is 0 Å². The number of hydrogen-bond acceptors (Lipinski definition) is 5. The molecule has 1 aromatic heterocycles. The number of aromatic nitrogens is 2. The first-order chi connectivity index (χ1) is 9.47.